The van der Waals surface area contributed by atoms with Gasteiger partial charge in [-0.05, 0) is 44.1 Å². The van der Waals surface area contributed by atoms with Crippen molar-refractivity contribution in [1.82, 2.24) is 4.90 Å². The Labute approximate surface area is 105 Å². The molecule has 1 saturated heterocycles. The first-order valence-electron chi connectivity index (χ1n) is 7.15. The van der Waals surface area contributed by atoms with Crippen LogP contribution in [0.25, 0.3) is 0 Å². The lowest BCUT2D eigenvalue weighted by atomic mass is 9.82. The maximum Gasteiger partial charge on any atom is 0.0695 e. The van der Waals surface area contributed by atoms with E-state index in [1.807, 2.05) is 0 Å². The van der Waals surface area contributed by atoms with Crippen LogP contribution in [-0.2, 0) is 4.74 Å². The molecule has 0 amide bonds. The molecule has 1 N–H and O–H groups in total. The van der Waals surface area contributed by atoms with Crippen molar-refractivity contribution in [3.63, 3.8) is 0 Å². The molecule has 4 atom stereocenters. The number of ether oxygens (including phenoxy) is 1. The summed E-state index contributed by atoms with van der Waals surface area (Å²) in [5, 5.41) is 10.2. The molecule has 0 aromatic carbocycles. The van der Waals surface area contributed by atoms with Gasteiger partial charge in [0.25, 0.3) is 0 Å². The first-order valence-corrected chi connectivity index (χ1v) is 7.15. The summed E-state index contributed by atoms with van der Waals surface area (Å²) >= 11 is 0. The van der Waals surface area contributed by atoms with Gasteiger partial charge in [-0.25, -0.2) is 0 Å². The Morgan fingerprint density at radius 3 is 2.76 bits per heavy atom. The van der Waals surface area contributed by atoms with Gasteiger partial charge in [-0.3, -0.25) is 4.90 Å². The molecular weight excluding hydrogens is 214 g/mol. The number of hydrogen-bond donors (Lipinski definition) is 1. The van der Waals surface area contributed by atoms with E-state index in [0.29, 0.717) is 12.0 Å². The van der Waals surface area contributed by atoms with Crippen molar-refractivity contribution in [2.45, 2.75) is 51.2 Å². The van der Waals surface area contributed by atoms with Crippen LogP contribution < -0.4 is 0 Å². The molecule has 0 bridgehead atoms. The number of methoxy groups -OCH3 is 1. The van der Waals surface area contributed by atoms with Crippen LogP contribution in [0.4, 0.5) is 0 Å². The van der Waals surface area contributed by atoms with Crippen LogP contribution in [0.1, 0.15) is 39.0 Å². The van der Waals surface area contributed by atoms with Crippen LogP contribution in [0.5, 0.6) is 0 Å². The molecule has 17 heavy (non-hydrogen) atoms. The zero-order chi connectivity index (χ0) is 12.3. The van der Waals surface area contributed by atoms with E-state index in [0.717, 1.165) is 32.0 Å². The number of aliphatic hydroxyl groups excluding tert-OH is 1. The van der Waals surface area contributed by atoms with Crippen molar-refractivity contribution in [1.29, 1.82) is 0 Å². The Morgan fingerprint density at radius 1 is 1.24 bits per heavy atom. The smallest absolute Gasteiger partial charge is 0.0695 e. The molecule has 3 nitrogen and oxygen atoms in total. The Balaban J connectivity index is 1.88. The number of nitrogens with zero attached hydrogens (tertiary/aromatic N) is 1. The molecule has 2 rings (SSSR count). The molecule has 0 aromatic heterocycles. The minimum atomic E-state index is -0.0981. The number of aliphatic hydroxyl groups is 1. The number of hydrogen-bond acceptors (Lipinski definition) is 3. The van der Waals surface area contributed by atoms with Gasteiger partial charge in [0.05, 0.1) is 12.7 Å². The van der Waals surface area contributed by atoms with E-state index in [-0.39, 0.29) is 6.10 Å². The van der Waals surface area contributed by atoms with Crippen molar-refractivity contribution in [2.75, 3.05) is 26.8 Å². The molecule has 3 heteroatoms. The van der Waals surface area contributed by atoms with E-state index in [1.54, 1.807) is 7.11 Å². The van der Waals surface area contributed by atoms with Gasteiger partial charge < -0.3 is 9.84 Å². The fraction of sp³-hybridized carbons (Fsp3) is 1.00. The normalized spacial score (nSPS) is 39.7. The molecule has 1 heterocycles. The Morgan fingerprint density at radius 2 is 2.06 bits per heavy atom. The number of likely N-dealkylation sites (tertiary alicyclic amines) is 1. The molecule has 0 aromatic rings. The highest BCUT2D eigenvalue weighted by Crippen LogP contribution is 2.32. The van der Waals surface area contributed by atoms with Crippen molar-refractivity contribution in [2.24, 2.45) is 11.8 Å². The third-order valence-corrected chi connectivity index (χ3v) is 4.66. The molecule has 0 radical (unpaired) electrons. The van der Waals surface area contributed by atoms with E-state index in [4.69, 9.17) is 4.74 Å². The lowest BCUT2D eigenvalue weighted by molar-refractivity contribution is 0.00944. The van der Waals surface area contributed by atoms with Gasteiger partial charge in [-0.2, -0.15) is 0 Å². The molecule has 2 aliphatic rings. The average Bonchev–Trinajstić information content (AvgIpc) is 2.79. The van der Waals surface area contributed by atoms with E-state index < -0.39 is 0 Å². The van der Waals surface area contributed by atoms with Gasteiger partial charge in [-0.1, -0.05) is 13.3 Å². The Kier molecular flexibility index (Phi) is 4.83. The lowest BCUT2D eigenvalue weighted by Crippen LogP contribution is -2.46. The summed E-state index contributed by atoms with van der Waals surface area (Å²) in [7, 11) is 1.78. The van der Waals surface area contributed by atoms with Crippen molar-refractivity contribution in [3.8, 4) is 0 Å². The van der Waals surface area contributed by atoms with Crippen LogP contribution >= 0.6 is 0 Å². The quantitative estimate of drug-likeness (QED) is 0.816. The topological polar surface area (TPSA) is 32.7 Å². The summed E-state index contributed by atoms with van der Waals surface area (Å²) in [4.78, 5) is 2.51. The first-order chi connectivity index (χ1) is 8.24. The Hall–Kier alpha value is -0.120. The monoisotopic (exact) mass is 241 g/mol. The molecular formula is C14H27NO2. The average molecular weight is 241 g/mol. The maximum atomic E-state index is 10.2. The SMILES string of the molecule is CCC1CCC(O)C(N2CCC(COC)C2)C1. The van der Waals surface area contributed by atoms with Gasteiger partial charge in [0, 0.05) is 19.7 Å². The third-order valence-electron chi connectivity index (χ3n) is 4.66. The summed E-state index contributed by atoms with van der Waals surface area (Å²) in [6.45, 7) is 5.41. The van der Waals surface area contributed by atoms with E-state index in [9.17, 15) is 5.11 Å². The minimum absolute atomic E-state index is 0.0981. The third kappa shape index (κ3) is 3.21. The van der Waals surface area contributed by atoms with E-state index in [2.05, 4.69) is 11.8 Å². The van der Waals surface area contributed by atoms with Crippen LogP contribution in [0.15, 0.2) is 0 Å². The largest absolute Gasteiger partial charge is 0.391 e. The number of rotatable bonds is 4. The van der Waals surface area contributed by atoms with Gasteiger partial charge in [-0.15, -0.1) is 0 Å². The van der Waals surface area contributed by atoms with Crippen LogP contribution in [0.2, 0.25) is 0 Å². The molecule has 0 spiro atoms. The summed E-state index contributed by atoms with van der Waals surface area (Å²) in [6, 6.07) is 0.413. The minimum Gasteiger partial charge on any atom is -0.391 e. The van der Waals surface area contributed by atoms with Crippen LogP contribution in [-0.4, -0.2) is 49.0 Å². The van der Waals surface area contributed by atoms with Crippen LogP contribution in [0.3, 0.4) is 0 Å². The van der Waals surface area contributed by atoms with Crippen molar-refractivity contribution >= 4 is 0 Å². The van der Waals surface area contributed by atoms with Crippen LogP contribution in [0, 0.1) is 11.8 Å². The fourth-order valence-electron chi connectivity index (χ4n) is 3.51. The molecule has 1 aliphatic carbocycles. The fourth-order valence-corrected chi connectivity index (χ4v) is 3.51. The Bertz CT molecular complexity index is 234. The second kappa shape index (κ2) is 6.17. The summed E-state index contributed by atoms with van der Waals surface area (Å²) in [5.74, 6) is 1.50. The second-order valence-corrected chi connectivity index (χ2v) is 5.83. The summed E-state index contributed by atoms with van der Waals surface area (Å²) in [6.07, 6.45) is 5.79. The summed E-state index contributed by atoms with van der Waals surface area (Å²) < 4.78 is 5.24. The second-order valence-electron chi connectivity index (χ2n) is 5.83. The molecule has 100 valence electrons. The highest BCUT2D eigenvalue weighted by atomic mass is 16.5. The lowest BCUT2D eigenvalue weighted by Gasteiger charge is -2.38. The van der Waals surface area contributed by atoms with Gasteiger partial charge in [0.2, 0.25) is 0 Å². The van der Waals surface area contributed by atoms with Gasteiger partial charge in [0.15, 0.2) is 0 Å². The van der Waals surface area contributed by atoms with Gasteiger partial charge >= 0.3 is 0 Å². The highest BCUT2D eigenvalue weighted by molar-refractivity contribution is 4.90. The molecule has 1 aliphatic heterocycles. The van der Waals surface area contributed by atoms with E-state index in [1.165, 1.54) is 25.7 Å². The first kappa shape index (κ1) is 13.3. The molecule has 4 unspecified atom stereocenters. The highest BCUT2D eigenvalue weighted by Gasteiger charge is 2.36. The standard InChI is InChI=1S/C14H27NO2/c1-3-11-4-5-14(16)13(8-11)15-7-6-12(9-15)10-17-2/h11-14,16H,3-10H2,1-2H3. The molecule has 2 fully saturated rings. The maximum absolute atomic E-state index is 10.2. The predicted molar refractivity (Wildman–Crippen MR) is 69.0 cm³/mol. The summed E-state index contributed by atoms with van der Waals surface area (Å²) in [5.41, 5.74) is 0. The van der Waals surface area contributed by atoms with Crippen molar-refractivity contribution in [3.05, 3.63) is 0 Å². The predicted octanol–water partition coefficient (Wildman–Crippen LogP) is 1.89. The van der Waals surface area contributed by atoms with Gasteiger partial charge in [0.1, 0.15) is 0 Å². The zero-order valence-corrected chi connectivity index (χ0v) is 11.3. The van der Waals surface area contributed by atoms with Crippen molar-refractivity contribution < 1.29 is 9.84 Å². The molecule has 1 saturated carbocycles. The van der Waals surface area contributed by atoms with E-state index >= 15 is 0 Å². The zero-order valence-electron chi connectivity index (χ0n) is 11.3.